The molecular weight excluding hydrogens is 409 g/mol. The van der Waals surface area contributed by atoms with Crippen LogP contribution in [-0.2, 0) is 9.47 Å². The highest BCUT2D eigenvalue weighted by molar-refractivity contribution is 5.85. The van der Waals surface area contributed by atoms with Crippen LogP contribution in [0.4, 0.5) is 4.39 Å². The predicted molar refractivity (Wildman–Crippen MR) is 118 cm³/mol. The van der Waals surface area contributed by atoms with Crippen LogP contribution in [0.2, 0.25) is 0 Å². The largest absolute Gasteiger partial charge is 0.382 e. The van der Waals surface area contributed by atoms with Crippen LogP contribution in [0.15, 0.2) is 16.9 Å². The minimum Gasteiger partial charge on any atom is -0.382 e. The van der Waals surface area contributed by atoms with E-state index in [0.29, 0.717) is 36.4 Å². The predicted octanol–water partition coefficient (Wildman–Crippen LogP) is 3.81. The van der Waals surface area contributed by atoms with Crippen LogP contribution in [0, 0.1) is 12.7 Å². The molecule has 0 amide bonds. The zero-order valence-electron chi connectivity index (χ0n) is 17.9. The van der Waals surface area contributed by atoms with Crippen molar-refractivity contribution < 1.29 is 13.9 Å². The first-order valence-electron chi connectivity index (χ1n) is 10.8. The zero-order valence-corrected chi connectivity index (χ0v) is 18.7. The Balaban J connectivity index is 0.00000256. The number of nitrogens with one attached hydrogen (secondary N) is 1. The molecular formula is C22H33ClFN3O3. The molecule has 1 aliphatic carbocycles. The molecule has 2 aromatic rings. The van der Waals surface area contributed by atoms with Gasteiger partial charge in [-0.3, -0.25) is 4.57 Å². The maximum absolute atomic E-state index is 13.9. The second-order valence-corrected chi connectivity index (χ2v) is 8.48. The lowest BCUT2D eigenvalue weighted by atomic mass is 9.90. The molecule has 1 N–H and O–H groups in total. The summed E-state index contributed by atoms with van der Waals surface area (Å²) < 4.78 is 26.6. The van der Waals surface area contributed by atoms with Gasteiger partial charge in [0.1, 0.15) is 5.82 Å². The normalized spacial score (nSPS) is 23.6. The first-order valence-corrected chi connectivity index (χ1v) is 10.8. The lowest BCUT2D eigenvalue weighted by Crippen LogP contribution is -2.45. The lowest BCUT2D eigenvalue weighted by Gasteiger charge is -2.41. The molecule has 0 radical (unpaired) electrons. The molecule has 2 fully saturated rings. The molecule has 8 heteroatoms. The molecule has 168 valence electrons. The van der Waals surface area contributed by atoms with Crippen molar-refractivity contribution in [2.45, 2.75) is 63.6 Å². The third-order valence-corrected chi connectivity index (χ3v) is 6.66. The molecule has 1 aliphatic heterocycles. The molecule has 1 saturated heterocycles. The van der Waals surface area contributed by atoms with Crippen molar-refractivity contribution in [3.05, 3.63) is 34.0 Å². The third-order valence-electron chi connectivity index (χ3n) is 6.66. The summed E-state index contributed by atoms with van der Waals surface area (Å²) in [6.07, 6.45) is 6.84. The molecule has 4 rings (SSSR count). The van der Waals surface area contributed by atoms with Gasteiger partial charge < -0.3 is 19.4 Å². The van der Waals surface area contributed by atoms with Gasteiger partial charge in [0.05, 0.1) is 30.4 Å². The number of benzene rings is 1. The van der Waals surface area contributed by atoms with E-state index in [1.165, 1.54) is 18.9 Å². The van der Waals surface area contributed by atoms with Gasteiger partial charge in [-0.05, 0) is 63.1 Å². The average Bonchev–Trinajstić information content (AvgIpc) is 3.04. The number of aryl methyl sites for hydroxylation is 1. The van der Waals surface area contributed by atoms with E-state index in [0.717, 1.165) is 44.3 Å². The van der Waals surface area contributed by atoms with Crippen molar-refractivity contribution in [1.82, 2.24) is 14.5 Å². The van der Waals surface area contributed by atoms with Crippen molar-refractivity contribution in [3.63, 3.8) is 0 Å². The van der Waals surface area contributed by atoms with Crippen LogP contribution in [-0.4, -0.2) is 60.0 Å². The van der Waals surface area contributed by atoms with Crippen molar-refractivity contribution >= 4 is 23.4 Å². The van der Waals surface area contributed by atoms with Gasteiger partial charge in [0, 0.05) is 32.3 Å². The summed E-state index contributed by atoms with van der Waals surface area (Å²) in [4.78, 5) is 18.0. The van der Waals surface area contributed by atoms with E-state index in [1.807, 2.05) is 4.57 Å². The fourth-order valence-corrected chi connectivity index (χ4v) is 5.00. The van der Waals surface area contributed by atoms with Crippen LogP contribution in [0.5, 0.6) is 0 Å². The van der Waals surface area contributed by atoms with Gasteiger partial charge in [-0.25, -0.2) is 9.18 Å². The Morgan fingerprint density at radius 2 is 1.77 bits per heavy atom. The summed E-state index contributed by atoms with van der Waals surface area (Å²) in [6, 6.07) is 4.02. The van der Waals surface area contributed by atoms with E-state index >= 15 is 0 Å². The van der Waals surface area contributed by atoms with Crippen LogP contribution in [0.3, 0.4) is 0 Å². The molecule has 0 unspecified atom stereocenters. The minimum atomic E-state index is -0.275. The van der Waals surface area contributed by atoms with Gasteiger partial charge >= 0.3 is 5.69 Å². The first kappa shape index (κ1) is 23.3. The number of hydrogen-bond donors (Lipinski definition) is 1. The Kier molecular flexibility index (Phi) is 7.96. The Bertz CT molecular complexity index is 884. The van der Waals surface area contributed by atoms with Gasteiger partial charge in [-0.1, -0.05) is 0 Å². The first-order chi connectivity index (χ1) is 14.1. The highest BCUT2D eigenvalue weighted by Crippen LogP contribution is 2.31. The number of aromatic amines is 1. The van der Waals surface area contributed by atoms with Crippen molar-refractivity contribution in [1.29, 1.82) is 0 Å². The number of hydrogen-bond acceptors (Lipinski definition) is 4. The van der Waals surface area contributed by atoms with E-state index in [2.05, 4.69) is 9.88 Å². The summed E-state index contributed by atoms with van der Waals surface area (Å²) >= 11 is 0. The number of likely N-dealkylation sites (tertiary alicyclic amines) is 1. The fourth-order valence-electron chi connectivity index (χ4n) is 5.00. The average molecular weight is 442 g/mol. The molecule has 6 nitrogen and oxygen atoms in total. The number of rotatable bonds is 6. The van der Waals surface area contributed by atoms with Gasteiger partial charge in [-0.15, -0.1) is 12.4 Å². The molecule has 0 spiro atoms. The Morgan fingerprint density at radius 3 is 2.43 bits per heavy atom. The SMILES string of the molecule is COCCO[C@H]1CC[C@@H](N2CCC(n3c(=O)[nH]c4cc(F)c(C)cc43)CC2)CC1.Cl. The standard InChI is InChI=1S/C22H32FN3O3.ClH/c1-15-13-21-20(14-19(15)23)24-22(27)26(21)17-7-9-25(10-8-17)16-3-5-18(6-4-16)29-12-11-28-2;/h13-14,16-18H,3-12H2,1-2H3,(H,24,27);1H/t16-,18+;. The fraction of sp³-hybridized carbons (Fsp3) is 0.682. The monoisotopic (exact) mass is 441 g/mol. The van der Waals surface area contributed by atoms with E-state index in [4.69, 9.17) is 9.47 Å². The maximum atomic E-state index is 13.9. The number of methoxy groups -OCH3 is 1. The van der Waals surface area contributed by atoms with Gasteiger partial charge in [0.25, 0.3) is 0 Å². The molecule has 0 bridgehead atoms. The molecule has 1 saturated carbocycles. The van der Waals surface area contributed by atoms with Crippen LogP contribution in [0.1, 0.15) is 50.1 Å². The summed E-state index contributed by atoms with van der Waals surface area (Å²) in [7, 11) is 1.70. The number of aromatic nitrogens is 2. The summed E-state index contributed by atoms with van der Waals surface area (Å²) in [5.74, 6) is -0.275. The Morgan fingerprint density at radius 1 is 1.07 bits per heavy atom. The van der Waals surface area contributed by atoms with Crippen LogP contribution >= 0.6 is 12.4 Å². The van der Waals surface area contributed by atoms with E-state index in [-0.39, 0.29) is 30.0 Å². The zero-order chi connectivity index (χ0) is 20.4. The smallest absolute Gasteiger partial charge is 0.326 e. The number of nitrogens with zero attached hydrogens (tertiary/aromatic N) is 2. The number of H-pyrrole nitrogens is 1. The Labute approximate surface area is 183 Å². The number of halogens is 2. The van der Waals surface area contributed by atoms with E-state index in [9.17, 15) is 9.18 Å². The number of ether oxygens (including phenoxy) is 2. The van der Waals surface area contributed by atoms with Crippen molar-refractivity contribution in [2.24, 2.45) is 0 Å². The van der Waals surface area contributed by atoms with Crippen molar-refractivity contribution in [3.8, 4) is 0 Å². The van der Waals surface area contributed by atoms with Crippen molar-refractivity contribution in [2.75, 3.05) is 33.4 Å². The molecule has 1 aromatic heterocycles. The molecule has 2 heterocycles. The van der Waals surface area contributed by atoms with Crippen LogP contribution in [0.25, 0.3) is 11.0 Å². The number of piperidine rings is 1. The maximum Gasteiger partial charge on any atom is 0.326 e. The van der Waals surface area contributed by atoms with E-state index < -0.39 is 0 Å². The number of fused-ring (bicyclic) bond motifs is 1. The second kappa shape index (κ2) is 10.3. The summed E-state index contributed by atoms with van der Waals surface area (Å²) in [5, 5.41) is 0. The topological polar surface area (TPSA) is 59.5 Å². The van der Waals surface area contributed by atoms with Gasteiger partial charge in [0.15, 0.2) is 0 Å². The lowest BCUT2D eigenvalue weighted by molar-refractivity contribution is -0.0173. The third kappa shape index (κ3) is 4.90. The quantitative estimate of drug-likeness (QED) is 0.692. The number of imidazole rings is 1. The minimum absolute atomic E-state index is 0. The molecule has 30 heavy (non-hydrogen) atoms. The molecule has 2 aliphatic rings. The molecule has 1 aromatic carbocycles. The molecule has 0 atom stereocenters. The van der Waals surface area contributed by atoms with Gasteiger partial charge in [0.2, 0.25) is 0 Å². The summed E-state index contributed by atoms with van der Waals surface area (Å²) in [6.45, 7) is 5.09. The highest BCUT2D eigenvalue weighted by atomic mass is 35.5. The highest BCUT2D eigenvalue weighted by Gasteiger charge is 2.30. The van der Waals surface area contributed by atoms with Crippen LogP contribution < -0.4 is 5.69 Å². The van der Waals surface area contributed by atoms with E-state index in [1.54, 1.807) is 20.1 Å². The Hall–Kier alpha value is -1.41. The summed E-state index contributed by atoms with van der Waals surface area (Å²) in [5.41, 5.74) is 1.86. The second-order valence-electron chi connectivity index (χ2n) is 8.48. The van der Waals surface area contributed by atoms with Gasteiger partial charge in [-0.2, -0.15) is 0 Å².